The lowest BCUT2D eigenvalue weighted by Crippen LogP contribution is -2.36. The van der Waals surface area contributed by atoms with Gasteiger partial charge in [-0.15, -0.1) is 0 Å². The molecule has 0 aromatic heterocycles. The largest absolute Gasteiger partial charge is 0.496 e. The molecule has 1 amide bonds. The Morgan fingerprint density at radius 2 is 1.89 bits per heavy atom. The average molecular weight is 268 g/mol. The second-order valence-electron chi connectivity index (χ2n) is 3.92. The zero-order valence-corrected chi connectivity index (χ0v) is 11.7. The normalized spacial score (nSPS) is 10.1. The molecule has 19 heavy (non-hydrogen) atoms. The number of ether oxygens (including phenoxy) is 3. The number of hydrazine groups is 1. The molecule has 0 atom stereocenters. The molecule has 0 fully saturated rings. The van der Waals surface area contributed by atoms with E-state index >= 15 is 0 Å². The van der Waals surface area contributed by atoms with E-state index in [1.165, 1.54) is 0 Å². The minimum atomic E-state index is -0.236. The molecule has 0 aliphatic heterocycles. The van der Waals surface area contributed by atoms with Crippen molar-refractivity contribution < 1.29 is 19.0 Å². The minimum absolute atomic E-state index is 0.0276. The summed E-state index contributed by atoms with van der Waals surface area (Å²) in [6.07, 6.45) is 0. The van der Waals surface area contributed by atoms with Gasteiger partial charge in [-0.05, 0) is 24.6 Å². The van der Waals surface area contributed by atoms with Gasteiger partial charge in [0.25, 0.3) is 5.91 Å². The third kappa shape index (κ3) is 4.42. The second kappa shape index (κ2) is 7.60. The molecule has 6 nitrogen and oxygen atoms in total. The van der Waals surface area contributed by atoms with Crippen LogP contribution in [0, 0.1) is 6.92 Å². The molecule has 0 aliphatic rings. The van der Waals surface area contributed by atoms with Crippen molar-refractivity contribution in [2.75, 3.05) is 27.9 Å². The van der Waals surface area contributed by atoms with Crippen LogP contribution in [0.3, 0.4) is 0 Å². The molecule has 0 saturated heterocycles. The van der Waals surface area contributed by atoms with Gasteiger partial charge in [0.2, 0.25) is 0 Å². The fraction of sp³-hybridized carbons (Fsp3) is 0.462. The van der Waals surface area contributed by atoms with E-state index in [0.29, 0.717) is 5.75 Å². The highest BCUT2D eigenvalue weighted by atomic mass is 16.5. The summed E-state index contributed by atoms with van der Waals surface area (Å²) in [5.41, 5.74) is 6.78. The van der Waals surface area contributed by atoms with Gasteiger partial charge in [-0.3, -0.25) is 10.2 Å². The van der Waals surface area contributed by atoms with Crippen LogP contribution >= 0.6 is 0 Å². The first kappa shape index (κ1) is 15.3. The van der Waals surface area contributed by atoms with Crippen LogP contribution < -0.4 is 20.3 Å². The van der Waals surface area contributed by atoms with Gasteiger partial charge in [0.05, 0.1) is 20.8 Å². The Bertz CT molecular complexity index is 435. The smallest absolute Gasteiger partial charge is 0.260 e. The van der Waals surface area contributed by atoms with Crippen LogP contribution in [-0.4, -0.2) is 33.8 Å². The molecule has 1 rings (SSSR count). The lowest BCUT2D eigenvalue weighted by Gasteiger charge is -2.13. The number of nitrogens with one attached hydrogen (secondary N) is 2. The van der Waals surface area contributed by atoms with Crippen LogP contribution in [0.4, 0.5) is 0 Å². The summed E-state index contributed by atoms with van der Waals surface area (Å²) in [5.74, 6) is 1.24. The van der Waals surface area contributed by atoms with E-state index in [2.05, 4.69) is 10.9 Å². The summed E-state index contributed by atoms with van der Waals surface area (Å²) < 4.78 is 15.9. The van der Waals surface area contributed by atoms with Gasteiger partial charge in [0.15, 0.2) is 0 Å². The molecule has 2 N–H and O–H groups in total. The van der Waals surface area contributed by atoms with Crippen LogP contribution in [0.5, 0.6) is 11.5 Å². The van der Waals surface area contributed by atoms with Gasteiger partial charge in [-0.25, -0.2) is 5.43 Å². The fourth-order valence-electron chi connectivity index (χ4n) is 1.66. The summed E-state index contributed by atoms with van der Waals surface area (Å²) in [4.78, 5) is 11.2. The van der Waals surface area contributed by atoms with Crippen molar-refractivity contribution in [3.63, 3.8) is 0 Å². The topological polar surface area (TPSA) is 68.8 Å². The van der Waals surface area contributed by atoms with Gasteiger partial charge in [-0.1, -0.05) is 0 Å². The summed E-state index contributed by atoms with van der Waals surface area (Å²) in [7, 11) is 4.82. The second-order valence-corrected chi connectivity index (χ2v) is 3.92. The van der Waals surface area contributed by atoms with Crippen molar-refractivity contribution in [3.8, 4) is 11.5 Å². The zero-order chi connectivity index (χ0) is 14.3. The third-order valence-electron chi connectivity index (χ3n) is 2.55. The van der Waals surface area contributed by atoms with E-state index in [4.69, 9.17) is 14.2 Å². The Balaban J connectivity index is 2.68. The van der Waals surface area contributed by atoms with Gasteiger partial charge in [-0.2, -0.15) is 0 Å². The molecule has 0 bridgehead atoms. The number of benzene rings is 1. The van der Waals surface area contributed by atoms with Crippen LogP contribution in [0.15, 0.2) is 12.1 Å². The number of carbonyl (C=O) groups excluding carboxylic acids is 1. The van der Waals surface area contributed by atoms with E-state index in [1.54, 1.807) is 21.3 Å². The standard InChI is InChI=1S/C13H20N2O4/c1-9-5-12(18-4)10(6-11(9)17-3)7-19-8-13(16)15-14-2/h5-6,14H,7-8H2,1-4H3,(H,15,16). The highest BCUT2D eigenvalue weighted by Crippen LogP contribution is 2.28. The first-order chi connectivity index (χ1) is 9.12. The van der Waals surface area contributed by atoms with Crippen LogP contribution in [0.1, 0.15) is 11.1 Å². The van der Waals surface area contributed by atoms with Crippen molar-refractivity contribution in [2.45, 2.75) is 13.5 Å². The van der Waals surface area contributed by atoms with E-state index in [1.807, 2.05) is 19.1 Å². The molecule has 6 heteroatoms. The number of methoxy groups -OCH3 is 2. The van der Waals surface area contributed by atoms with Gasteiger partial charge in [0, 0.05) is 12.6 Å². The molecule has 0 heterocycles. The SMILES string of the molecule is CNNC(=O)COCc1cc(OC)c(C)cc1OC. The molecule has 0 radical (unpaired) electrons. The van der Waals surface area contributed by atoms with E-state index in [0.717, 1.165) is 16.9 Å². The molecule has 0 saturated carbocycles. The van der Waals surface area contributed by atoms with Crippen molar-refractivity contribution in [2.24, 2.45) is 0 Å². The monoisotopic (exact) mass is 268 g/mol. The third-order valence-corrected chi connectivity index (χ3v) is 2.55. The summed E-state index contributed by atoms with van der Waals surface area (Å²) >= 11 is 0. The van der Waals surface area contributed by atoms with E-state index < -0.39 is 0 Å². The first-order valence-corrected chi connectivity index (χ1v) is 5.87. The predicted octanol–water partition coefficient (Wildman–Crippen LogP) is 0.779. The highest BCUT2D eigenvalue weighted by Gasteiger charge is 2.09. The van der Waals surface area contributed by atoms with Crippen LogP contribution in [-0.2, 0) is 16.1 Å². The number of rotatable bonds is 7. The maximum atomic E-state index is 11.2. The lowest BCUT2D eigenvalue weighted by molar-refractivity contribution is -0.126. The summed E-state index contributed by atoms with van der Waals surface area (Å²) in [6, 6.07) is 3.73. The Kier molecular flexibility index (Phi) is 6.11. The number of hydrogen-bond donors (Lipinski definition) is 2. The predicted molar refractivity (Wildman–Crippen MR) is 71.1 cm³/mol. The molecule has 0 spiro atoms. The number of amides is 1. The highest BCUT2D eigenvalue weighted by molar-refractivity contribution is 5.76. The fourth-order valence-corrected chi connectivity index (χ4v) is 1.66. The molecule has 1 aromatic carbocycles. The molecule has 1 aromatic rings. The van der Waals surface area contributed by atoms with E-state index in [9.17, 15) is 4.79 Å². The van der Waals surface area contributed by atoms with Gasteiger partial charge < -0.3 is 14.2 Å². The Hall–Kier alpha value is -1.79. The Labute approximate surface area is 113 Å². The lowest BCUT2D eigenvalue weighted by atomic mass is 10.1. The molecule has 0 aliphatic carbocycles. The number of carbonyl (C=O) groups is 1. The van der Waals surface area contributed by atoms with Gasteiger partial charge in [0.1, 0.15) is 18.1 Å². The quantitative estimate of drug-likeness (QED) is 0.715. The molecular weight excluding hydrogens is 248 g/mol. The maximum absolute atomic E-state index is 11.2. The number of hydrogen-bond acceptors (Lipinski definition) is 5. The zero-order valence-electron chi connectivity index (χ0n) is 11.7. The molecule has 0 unspecified atom stereocenters. The van der Waals surface area contributed by atoms with Crippen molar-refractivity contribution in [1.82, 2.24) is 10.9 Å². The van der Waals surface area contributed by atoms with Gasteiger partial charge >= 0.3 is 0 Å². The van der Waals surface area contributed by atoms with E-state index in [-0.39, 0.29) is 19.1 Å². The first-order valence-electron chi connectivity index (χ1n) is 5.87. The summed E-state index contributed by atoms with van der Waals surface area (Å²) in [5, 5.41) is 0. The van der Waals surface area contributed by atoms with Crippen LogP contribution in [0.2, 0.25) is 0 Å². The van der Waals surface area contributed by atoms with Crippen molar-refractivity contribution >= 4 is 5.91 Å². The minimum Gasteiger partial charge on any atom is -0.496 e. The molecular formula is C13H20N2O4. The van der Waals surface area contributed by atoms with Crippen LogP contribution in [0.25, 0.3) is 0 Å². The summed E-state index contributed by atoms with van der Waals surface area (Å²) in [6.45, 7) is 2.18. The van der Waals surface area contributed by atoms with Crippen molar-refractivity contribution in [3.05, 3.63) is 23.3 Å². The maximum Gasteiger partial charge on any atom is 0.260 e. The Morgan fingerprint density at radius 3 is 2.47 bits per heavy atom. The molecule has 106 valence electrons. The van der Waals surface area contributed by atoms with Crippen molar-refractivity contribution in [1.29, 1.82) is 0 Å². The average Bonchev–Trinajstić information content (AvgIpc) is 2.40. The Morgan fingerprint density at radius 1 is 1.21 bits per heavy atom. The number of aryl methyl sites for hydroxylation is 1.